The lowest BCUT2D eigenvalue weighted by Gasteiger charge is -2.05. The normalized spacial score (nSPS) is 9.62. The first-order valence-corrected chi connectivity index (χ1v) is 5.85. The number of H-pyrrole nitrogens is 1. The second-order valence-electron chi connectivity index (χ2n) is 3.91. The topological polar surface area (TPSA) is 95.1 Å². The van der Waals surface area contributed by atoms with Gasteiger partial charge in [-0.25, -0.2) is 9.37 Å². The van der Waals surface area contributed by atoms with Gasteiger partial charge in [-0.05, 0) is 18.2 Å². The molecule has 0 saturated carbocycles. The van der Waals surface area contributed by atoms with E-state index in [-0.39, 0.29) is 18.0 Å². The number of rotatable bonds is 2. The van der Waals surface area contributed by atoms with Crippen molar-refractivity contribution < 1.29 is 14.3 Å². The number of carbonyl (C=O) groups excluding carboxylic acids is 1. The molecule has 1 amide bonds. The van der Waals surface area contributed by atoms with Gasteiger partial charge in [0.05, 0.1) is 11.9 Å². The van der Waals surface area contributed by atoms with E-state index in [9.17, 15) is 14.0 Å². The van der Waals surface area contributed by atoms with Crippen LogP contribution in [0.25, 0.3) is 0 Å². The number of nitrogens with zero attached hydrogens (tertiary/aromatic N) is 1. The summed E-state index contributed by atoms with van der Waals surface area (Å²) in [5.74, 6) is 3.62. The zero-order chi connectivity index (χ0) is 15.2. The molecule has 1 aromatic carbocycles. The van der Waals surface area contributed by atoms with Crippen molar-refractivity contribution in [2.75, 3.05) is 11.9 Å². The molecule has 0 atom stereocenters. The summed E-state index contributed by atoms with van der Waals surface area (Å²) in [5.41, 5.74) is -0.146. The average molecular weight is 287 g/mol. The van der Waals surface area contributed by atoms with Gasteiger partial charge in [0.1, 0.15) is 18.1 Å². The van der Waals surface area contributed by atoms with Gasteiger partial charge in [-0.1, -0.05) is 11.8 Å². The number of aliphatic hydroxyl groups is 1. The smallest absolute Gasteiger partial charge is 0.275 e. The molecule has 0 bridgehead atoms. The third-order valence-electron chi connectivity index (χ3n) is 2.43. The van der Waals surface area contributed by atoms with Crippen molar-refractivity contribution in [2.45, 2.75) is 0 Å². The summed E-state index contributed by atoms with van der Waals surface area (Å²) in [7, 11) is 0. The molecule has 6 nitrogen and oxygen atoms in total. The van der Waals surface area contributed by atoms with Crippen LogP contribution in [0, 0.1) is 17.7 Å². The van der Waals surface area contributed by atoms with Crippen LogP contribution in [-0.2, 0) is 0 Å². The first-order chi connectivity index (χ1) is 10.1. The van der Waals surface area contributed by atoms with E-state index in [1.807, 2.05) is 0 Å². The second kappa shape index (κ2) is 6.45. The summed E-state index contributed by atoms with van der Waals surface area (Å²) in [4.78, 5) is 28.6. The minimum absolute atomic E-state index is 0.0393. The van der Waals surface area contributed by atoms with E-state index in [0.717, 1.165) is 18.5 Å². The van der Waals surface area contributed by atoms with Gasteiger partial charge in [-0.15, -0.1) is 0 Å². The number of amides is 1. The highest BCUT2D eigenvalue weighted by Crippen LogP contribution is 2.16. The standard InChI is InChI=1S/C14H10FN3O3/c15-10-6-9(2-1-5-19)3-4-11(10)18-14(21)12-7-17-13(20)8-16-12/h3-4,6-8,19H,5H2,(H,17,20)(H,18,21). The van der Waals surface area contributed by atoms with E-state index in [4.69, 9.17) is 5.11 Å². The Labute approximate surface area is 118 Å². The first-order valence-electron chi connectivity index (χ1n) is 5.85. The number of anilines is 1. The van der Waals surface area contributed by atoms with Crippen LogP contribution in [0.3, 0.4) is 0 Å². The van der Waals surface area contributed by atoms with Crippen LogP contribution in [0.1, 0.15) is 16.1 Å². The van der Waals surface area contributed by atoms with E-state index in [1.165, 1.54) is 12.1 Å². The number of benzene rings is 1. The number of nitrogens with one attached hydrogen (secondary N) is 2. The fraction of sp³-hybridized carbons (Fsp3) is 0.0714. The number of aromatic amines is 1. The number of aromatic nitrogens is 2. The molecule has 0 aliphatic rings. The van der Waals surface area contributed by atoms with E-state index < -0.39 is 17.3 Å². The molecule has 0 saturated heterocycles. The Kier molecular flexibility index (Phi) is 4.43. The zero-order valence-corrected chi connectivity index (χ0v) is 10.7. The lowest BCUT2D eigenvalue weighted by Crippen LogP contribution is -2.17. The molecule has 0 aliphatic heterocycles. The van der Waals surface area contributed by atoms with Gasteiger partial charge in [0.2, 0.25) is 0 Å². The van der Waals surface area contributed by atoms with Crippen LogP contribution in [0.4, 0.5) is 10.1 Å². The van der Waals surface area contributed by atoms with Gasteiger partial charge < -0.3 is 15.4 Å². The molecule has 1 aromatic heterocycles. The van der Waals surface area contributed by atoms with E-state index >= 15 is 0 Å². The van der Waals surface area contributed by atoms with Crippen LogP contribution in [-0.4, -0.2) is 27.6 Å². The Hall–Kier alpha value is -2.98. The van der Waals surface area contributed by atoms with Crippen molar-refractivity contribution in [2.24, 2.45) is 0 Å². The number of carbonyl (C=O) groups is 1. The molecular weight excluding hydrogens is 277 g/mol. The summed E-state index contributed by atoms with van der Waals surface area (Å²) < 4.78 is 13.8. The number of aliphatic hydroxyl groups excluding tert-OH is 1. The van der Waals surface area contributed by atoms with Crippen molar-refractivity contribution in [1.29, 1.82) is 0 Å². The number of hydrogen-bond donors (Lipinski definition) is 3. The van der Waals surface area contributed by atoms with E-state index in [0.29, 0.717) is 5.56 Å². The van der Waals surface area contributed by atoms with Crippen LogP contribution in [0.2, 0.25) is 0 Å². The van der Waals surface area contributed by atoms with Gasteiger partial charge in [-0.3, -0.25) is 9.59 Å². The Morgan fingerprint density at radius 2 is 2.29 bits per heavy atom. The summed E-state index contributed by atoms with van der Waals surface area (Å²) in [6, 6.07) is 3.99. The van der Waals surface area contributed by atoms with Gasteiger partial charge in [-0.2, -0.15) is 0 Å². The average Bonchev–Trinajstić information content (AvgIpc) is 2.48. The lowest BCUT2D eigenvalue weighted by molar-refractivity contribution is 0.102. The molecule has 2 aromatic rings. The highest BCUT2D eigenvalue weighted by molar-refractivity contribution is 6.02. The minimum atomic E-state index is -0.669. The van der Waals surface area contributed by atoms with E-state index in [1.54, 1.807) is 0 Å². The van der Waals surface area contributed by atoms with Crippen molar-refractivity contribution in [1.82, 2.24) is 9.97 Å². The third-order valence-corrected chi connectivity index (χ3v) is 2.43. The maximum absolute atomic E-state index is 13.8. The maximum Gasteiger partial charge on any atom is 0.275 e. The molecule has 0 radical (unpaired) electrons. The first kappa shape index (κ1) is 14.4. The molecule has 1 heterocycles. The highest BCUT2D eigenvalue weighted by atomic mass is 19.1. The van der Waals surface area contributed by atoms with Gasteiger partial charge in [0, 0.05) is 11.8 Å². The zero-order valence-electron chi connectivity index (χ0n) is 10.7. The van der Waals surface area contributed by atoms with E-state index in [2.05, 4.69) is 27.1 Å². The molecule has 106 valence electrons. The fourth-order valence-electron chi connectivity index (χ4n) is 1.49. The van der Waals surface area contributed by atoms with Gasteiger partial charge in [0.25, 0.3) is 11.5 Å². The molecule has 0 spiro atoms. The lowest BCUT2D eigenvalue weighted by atomic mass is 10.2. The largest absolute Gasteiger partial charge is 0.384 e. The molecule has 0 unspecified atom stereocenters. The van der Waals surface area contributed by atoms with Gasteiger partial charge >= 0.3 is 0 Å². The summed E-state index contributed by atoms with van der Waals surface area (Å²) in [5, 5.41) is 10.9. The Balaban J connectivity index is 2.17. The predicted octanol–water partition coefficient (Wildman–Crippen LogP) is 0.505. The molecule has 3 N–H and O–H groups in total. The van der Waals surface area contributed by atoms with Crippen LogP contribution in [0.15, 0.2) is 35.4 Å². The van der Waals surface area contributed by atoms with Crippen molar-refractivity contribution in [3.8, 4) is 11.8 Å². The Bertz CT molecular complexity index is 770. The molecular formula is C14H10FN3O3. The predicted molar refractivity (Wildman–Crippen MR) is 73.2 cm³/mol. The SMILES string of the molecule is O=C(Nc1ccc(C#CCO)cc1F)c1c[nH]c(=O)cn1. The summed E-state index contributed by atoms with van der Waals surface area (Å²) in [6.07, 6.45) is 2.09. The number of hydrogen-bond acceptors (Lipinski definition) is 4. The molecule has 0 fully saturated rings. The van der Waals surface area contributed by atoms with Crippen molar-refractivity contribution in [3.05, 3.63) is 58.0 Å². The second-order valence-corrected chi connectivity index (χ2v) is 3.91. The molecule has 21 heavy (non-hydrogen) atoms. The third kappa shape index (κ3) is 3.75. The van der Waals surface area contributed by atoms with Crippen molar-refractivity contribution >= 4 is 11.6 Å². The fourth-order valence-corrected chi connectivity index (χ4v) is 1.49. The molecule has 0 aliphatic carbocycles. The van der Waals surface area contributed by atoms with Crippen LogP contribution in [0.5, 0.6) is 0 Å². The summed E-state index contributed by atoms with van der Waals surface area (Å²) >= 11 is 0. The Morgan fingerprint density at radius 3 is 2.90 bits per heavy atom. The molecule has 2 rings (SSSR count). The monoisotopic (exact) mass is 287 g/mol. The van der Waals surface area contributed by atoms with Crippen LogP contribution < -0.4 is 10.9 Å². The summed E-state index contributed by atoms with van der Waals surface area (Å²) in [6.45, 7) is -0.321. The van der Waals surface area contributed by atoms with Gasteiger partial charge in [0.15, 0.2) is 0 Å². The highest BCUT2D eigenvalue weighted by Gasteiger charge is 2.10. The minimum Gasteiger partial charge on any atom is -0.384 e. The maximum atomic E-state index is 13.8. The Morgan fingerprint density at radius 1 is 1.48 bits per heavy atom. The number of halogens is 1. The van der Waals surface area contributed by atoms with Crippen molar-refractivity contribution in [3.63, 3.8) is 0 Å². The quantitative estimate of drug-likeness (QED) is 0.701. The van der Waals surface area contributed by atoms with Crippen LogP contribution >= 0.6 is 0 Å². The molecule has 7 heteroatoms.